The number of aliphatic hydroxyl groups is 6. The first-order valence-corrected chi connectivity index (χ1v) is 13.7. The highest BCUT2D eigenvalue weighted by Crippen LogP contribution is 2.43. The van der Waals surface area contributed by atoms with Gasteiger partial charge in [-0.25, -0.2) is 0 Å². The predicted molar refractivity (Wildman–Crippen MR) is 145 cm³/mol. The Morgan fingerprint density at radius 1 is 0.727 bits per heavy atom. The van der Waals surface area contributed by atoms with Crippen molar-refractivity contribution in [2.75, 3.05) is 20.8 Å². The molecule has 0 saturated carbocycles. The van der Waals surface area contributed by atoms with Gasteiger partial charge in [0.1, 0.15) is 65.7 Å². The number of benzene rings is 2. The predicted octanol–water partition coefficient (Wildman–Crippen LogP) is -1.48. The molecule has 0 unspecified atom stereocenters. The molecule has 0 aromatic heterocycles. The second kappa shape index (κ2) is 12.2. The number of carbonyl (C=O) groups is 2. The third kappa shape index (κ3) is 5.29. The molecule has 3 aliphatic rings. The van der Waals surface area contributed by atoms with Crippen LogP contribution < -0.4 is 14.2 Å². The highest BCUT2D eigenvalue weighted by molar-refractivity contribution is 6.30. The van der Waals surface area contributed by atoms with Crippen molar-refractivity contribution in [3.63, 3.8) is 0 Å². The molecule has 0 radical (unpaired) electrons. The molecule has 0 amide bonds. The molecule has 10 atom stereocenters. The molecule has 2 saturated heterocycles. The molecule has 7 N–H and O–H groups in total. The highest BCUT2D eigenvalue weighted by Gasteiger charge is 2.48. The summed E-state index contributed by atoms with van der Waals surface area (Å²) < 4.78 is 32.8. The number of ether oxygens (including phenoxy) is 6. The monoisotopic (exact) mass is 622 g/mol. The van der Waals surface area contributed by atoms with Gasteiger partial charge in [-0.05, 0) is 26.0 Å². The smallest absolute Gasteiger partial charge is 0.229 e. The van der Waals surface area contributed by atoms with Crippen LogP contribution in [0.1, 0.15) is 44.3 Å². The maximum absolute atomic E-state index is 13.6. The quantitative estimate of drug-likeness (QED) is 0.159. The second-order valence-electron chi connectivity index (χ2n) is 10.8. The van der Waals surface area contributed by atoms with Gasteiger partial charge >= 0.3 is 0 Å². The Morgan fingerprint density at radius 3 is 2.02 bits per heavy atom. The summed E-state index contributed by atoms with van der Waals surface area (Å²) in [6.07, 6.45) is -15.3. The molecular weight excluding hydrogens is 588 g/mol. The molecule has 1 aliphatic carbocycles. The molecule has 5 rings (SSSR count). The number of methoxy groups -OCH3 is 2. The minimum absolute atomic E-state index is 0.00491. The Hall–Kier alpha value is -3.38. The van der Waals surface area contributed by atoms with E-state index in [1.807, 2.05) is 0 Å². The van der Waals surface area contributed by atoms with E-state index in [1.165, 1.54) is 46.3 Å². The van der Waals surface area contributed by atoms with Crippen molar-refractivity contribution in [3.05, 3.63) is 46.0 Å². The van der Waals surface area contributed by atoms with Crippen molar-refractivity contribution in [2.24, 2.45) is 0 Å². The molecule has 2 aliphatic heterocycles. The Bertz CT molecular complexity index is 1440. The van der Waals surface area contributed by atoms with E-state index in [4.69, 9.17) is 28.4 Å². The number of phenolic OH excluding ortho intramolecular Hbond substituents is 1. The number of aromatic hydroxyl groups is 1. The van der Waals surface area contributed by atoms with Gasteiger partial charge < -0.3 is 64.2 Å². The lowest BCUT2D eigenvalue weighted by molar-refractivity contribution is -0.318. The molecule has 0 bridgehead atoms. The lowest BCUT2D eigenvalue weighted by Crippen LogP contribution is -2.61. The first-order valence-electron chi connectivity index (χ1n) is 13.7. The topological polar surface area (TPSA) is 231 Å². The van der Waals surface area contributed by atoms with Gasteiger partial charge in [-0.15, -0.1) is 0 Å². The Kier molecular flexibility index (Phi) is 8.87. The molecule has 240 valence electrons. The van der Waals surface area contributed by atoms with E-state index in [2.05, 4.69) is 0 Å². The molecule has 15 nitrogen and oxygen atoms in total. The Balaban J connectivity index is 1.40. The number of carbonyl (C=O) groups excluding carboxylic acids is 2. The molecule has 2 heterocycles. The third-order valence-electron chi connectivity index (χ3n) is 8.13. The molecule has 2 aromatic rings. The van der Waals surface area contributed by atoms with E-state index in [1.54, 1.807) is 0 Å². The zero-order valence-electron chi connectivity index (χ0n) is 24.1. The number of phenols is 1. The van der Waals surface area contributed by atoms with Gasteiger partial charge in [-0.1, -0.05) is 0 Å². The van der Waals surface area contributed by atoms with E-state index in [9.17, 15) is 45.3 Å². The zero-order chi connectivity index (χ0) is 32.2. The summed E-state index contributed by atoms with van der Waals surface area (Å²) in [7, 11) is 2.70. The van der Waals surface area contributed by atoms with Crippen LogP contribution in [0.3, 0.4) is 0 Å². The maximum Gasteiger partial charge on any atom is 0.229 e. The summed E-state index contributed by atoms with van der Waals surface area (Å²) in [6, 6.07) is 3.99. The van der Waals surface area contributed by atoms with Crippen LogP contribution in [0, 0.1) is 6.92 Å². The highest BCUT2D eigenvalue weighted by atomic mass is 16.7. The van der Waals surface area contributed by atoms with Gasteiger partial charge in [0.05, 0.1) is 38.1 Å². The number of aliphatic hydroxyl groups excluding tert-OH is 6. The number of rotatable bonds is 7. The van der Waals surface area contributed by atoms with E-state index in [0.29, 0.717) is 0 Å². The summed E-state index contributed by atoms with van der Waals surface area (Å²) in [6.45, 7) is 2.32. The van der Waals surface area contributed by atoms with Crippen molar-refractivity contribution in [1.82, 2.24) is 0 Å². The molecule has 0 spiro atoms. The van der Waals surface area contributed by atoms with Gasteiger partial charge in [-0.2, -0.15) is 0 Å². The fourth-order valence-corrected chi connectivity index (χ4v) is 5.44. The lowest BCUT2D eigenvalue weighted by atomic mass is 9.82. The number of hydrogen-bond acceptors (Lipinski definition) is 15. The molecule has 2 fully saturated rings. The first kappa shape index (κ1) is 32.0. The Labute approximate surface area is 250 Å². The maximum atomic E-state index is 13.6. The van der Waals surface area contributed by atoms with Gasteiger partial charge in [0, 0.05) is 22.8 Å². The fraction of sp³-hybridized carbons (Fsp3) is 0.517. The van der Waals surface area contributed by atoms with Crippen molar-refractivity contribution >= 4 is 11.6 Å². The van der Waals surface area contributed by atoms with Crippen molar-refractivity contribution in [1.29, 1.82) is 0 Å². The van der Waals surface area contributed by atoms with E-state index >= 15 is 0 Å². The molecule has 44 heavy (non-hydrogen) atoms. The minimum atomic E-state index is -1.82. The third-order valence-corrected chi connectivity index (χ3v) is 8.13. The van der Waals surface area contributed by atoms with Crippen LogP contribution in [0.5, 0.6) is 23.0 Å². The van der Waals surface area contributed by atoms with Crippen LogP contribution in [0.15, 0.2) is 18.2 Å². The number of fused-ring (bicyclic) bond motifs is 2. The minimum Gasteiger partial charge on any atom is -0.507 e. The van der Waals surface area contributed by atoms with Crippen molar-refractivity contribution in [3.8, 4) is 23.0 Å². The molecule has 2 aromatic carbocycles. The van der Waals surface area contributed by atoms with Crippen LogP contribution >= 0.6 is 0 Å². The standard InChI is InChI=1S/C29H34O15/c1-9-14(7-13-18(19(9)30)23(34)17-12(21(13)32)5-11(39-3)6-15(17)40-4)43-29-27(38)25(36)22(33)16(44-29)8-41-28-26(37)24(35)20(31)10(2)42-28/h5-7,10,16,20,22,24-31,33,35-38H,8H2,1-4H3/t10-,16+,20-,22+,24+,25-,26+,27+,28+,29+/m1/s1. The van der Waals surface area contributed by atoms with E-state index < -0.39 is 85.3 Å². The van der Waals surface area contributed by atoms with E-state index in [-0.39, 0.29) is 45.1 Å². The summed E-state index contributed by atoms with van der Waals surface area (Å²) in [4.78, 5) is 27.1. The summed E-state index contributed by atoms with van der Waals surface area (Å²) >= 11 is 0. The van der Waals surface area contributed by atoms with Gasteiger partial charge in [0.15, 0.2) is 12.1 Å². The van der Waals surface area contributed by atoms with Crippen LogP contribution in [0.25, 0.3) is 0 Å². The first-order chi connectivity index (χ1) is 20.8. The lowest BCUT2D eigenvalue weighted by Gasteiger charge is -2.42. The van der Waals surface area contributed by atoms with Crippen LogP contribution in [-0.4, -0.2) is 130 Å². The van der Waals surface area contributed by atoms with Gasteiger partial charge in [0.2, 0.25) is 12.1 Å². The number of ketones is 2. The SMILES string of the molecule is COc1cc(OC)c2c(c1)C(=O)c1cc(O[C@H]3O[C@@H](CO[C@H]4O[C@H](C)[C@@H](O)[C@H](O)[C@@H]4O)[C@H](O)[C@@H](O)[C@@H]3O)c(C)c(O)c1C2=O. The molecular formula is C29H34O15. The fourth-order valence-electron chi connectivity index (χ4n) is 5.44. The zero-order valence-corrected chi connectivity index (χ0v) is 24.1. The number of hydrogen-bond donors (Lipinski definition) is 7. The normalized spacial score (nSPS) is 33.4. The van der Waals surface area contributed by atoms with E-state index in [0.717, 1.165) is 0 Å². The van der Waals surface area contributed by atoms with Crippen LogP contribution in [-0.2, 0) is 14.2 Å². The average molecular weight is 623 g/mol. The summed E-state index contributed by atoms with van der Waals surface area (Å²) in [5.41, 5.74) is -0.569. The second-order valence-corrected chi connectivity index (χ2v) is 10.8. The summed E-state index contributed by atoms with van der Waals surface area (Å²) in [5.74, 6) is -1.74. The average Bonchev–Trinajstić information content (AvgIpc) is 3.01. The largest absolute Gasteiger partial charge is 0.507 e. The van der Waals surface area contributed by atoms with Crippen LogP contribution in [0.2, 0.25) is 0 Å². The molecule has 15 heteroatoms. The Morgan fingerprint density at radius 2 is 1.36 bits per heavy atom. The van der Waals surface area contributed by atoms with Crippen molar-refractivity contribution < 1.29 is 73.8 Å². The van der Waals surface area contributed by atoms with Gasteiger partial charge in [0.25, 0.3) is 0 Å². The summed E-state index contributed by atoms with van der Waals surface area (Å²) in [5, 5.41) is 72.9. The van der Waals surface area contributed by atoms with Crippen molar-refractivity contribution in [2.45, 2.75) is 75.3 Å². The van der Waals surface area contributed by atoms with Crippen LogP contribution in [0.4, 0.5) is 0 Å². The van der Waals surface area contributed by atoms with Gasteiger partial charge in [-0.3, -0.25) is 9.59 Å².